The molecular weight excluding hydrogens is 410 g/mol. The van der Waals surface area contributed by atoms with Crippen molar-refractivity contribution in [2.75, 3.05) is 38.8 Å². The van der Waals surface area contributed by atoms with Gasteiger partial charge in [0.05, 0.1) is 31.3 Å². The summed E-state index contributed by atoms with van der Waals surface area (Å²) in [6, 6.07) is 12.9. The zero-order valence-electron chi connectivity index (χ0n) is 18.8. The Morgan fingerprint density at radius 3 is 2.41 bits per heavy atom. The number of rotatable bonds is 8. The van der Waals surface area contributed by atoms with Crippen LogP contribution in [0.15, 0.2) is 47.5 Å². The summed E-state index contributed by atoms with van der Waals surface area (Å²) >= 11 is 0. The second-order valence-electron chi connectivity index (χ2n) is 7.56. The number of ether oxygens (including phenoxy) is 2. The van der Waals surface area contributed by atoms with Crippen molar-refractivity contribution in [2.24, 2.45) is 4.99 Å². The van der Waals surface area contributed by atoms with Crippen molar-refractivity contribution in [1.82, 2.24) is 10.6 Å². The van der Waals surface area contributed by atoms with E-state index in [4.69, 9.17) is 9.47 Å². The molecule has 0 bridgehead atoms. The fourth-order valence-corrected chi connectivity index (χ4v) is 3.76. The highest BCUT2D eigenvalue weighted by molar-refractivity contribution is 5.80. The van der Waals surface area contributed by atoms with Crippen molar-refractivity contribution < 1.29 is 14.4 Å². The van der Waals surface area contributed by atoms with E-state index >= 15 is 0 Å². The molecule has 0 radical (unpaired) electrons. The van der Waals surface area contributed by atoms with E-state index in [0.717, 1.165) is 43.1 Å². The summed E-state index contributed by atoms with van der Waals surface area (Å²) < 4.78 is 10.8. The first kappa shape index (κ1) is 23.2. The summed E-state index contributed by atoms with van der Waals surface area (Å²) in [5.41, 5.74) is 1.77. The Morgan fingerprint density at radius 2 is 1.81 bits per heavy atom. The highest BCUT2D eigenvalue weighted by atomic mass is 16.6. The molecule has 0 amide bonds. The summed E-state index contributed by atoms with van der Waals surface area (Å²) in [4.78, 5) is 17.8. The molecule has 0 saturated carbocycles. The summed E-state index contributed by atoms with van der Waals surface area (Å²) in [5, 5.41) is 18.0. The first-order valence-corrected chi connectivity index (χ1v) is 10.8. The normalized spacial score (nSPS) is 14.7. The van der Waals surface area contributed by atoms with Gasteiger partial charge in [0.15, 0.2) is 5.96 Å². The number of para-hydroxylation sites is 1. The van der Waals surface area contributed by atoms with Gasteiger partial charge in [0, 0.05) is 55.6 Å². The molecule has 0 unspecified atom stereocenters. The molecule has 0 spiro atoms. The predicted octanol–water partition coefficient (Wildman–Crippen LogP) is 3.34. The predicted molar refractivity (Wildman–Crippen MR) is 126 cm³/mol. The third-order valence-corrected chi connectivity index (χ3v) is 5.48. The summed E-state index contributed by atoms with van der Waals surface area (Å²) in [5.74, 6) is 2.22. The maximum atomic E-state index is 11.2. The average Bonchev–Trinajstić information content (AvgIpc) is 2.82. The van der Waals surface area contributed by atoms with E-state index in [1.807, 2.05) is 25.1 Å². The number of nitrogens with zero attached hydrogens (tertiary/aromatic N) is 3. The topological polar surface area (TPSA) is 101 Å². The largest absolute Gasteiger partial charge is 0.497 e. The molecule has 1 aliphatic rings. The third-order valence-electron chi connectivity index (χ3n) is 5.48. The van der Waals surface area contributed by atoms with Crippen molar-refractivity contribution in [3.8, 4) is 11.5 Å². The fourth-order valence-electron chi connectivity index (χ4n) is 3.76. The second kappa shape index (κ2) is 11.2. The maximum absolute atomic E-state index is 11.2. The van der Waals surface area contributed by atoms with Gasteiger partial charge in [-0.15, -0.1) is 0 Å². The molecule has 3 rings (SSSR count). The van der Waals surface area contributed by atoms with Crippen molar-refractivity contribution in [1.29, 1.82) is 0 Å². The lowest BCUT2D eigenvalue weighted by atomic mass is 10.0. The Hall–Kier alpha value is -3.49. The van der Waals surface area contributed by atoms with E-state index in [-0.39, 0.29) is 23.2 Å². The number of nitro groups is 1. The monoisotopic (exact) mass is 441 g/mol. The number of guanidine groups is 1. The quantitative estimate of drug-likeness (QED) is 0.280. The number of hydrogen-bond donors (Lipinski definition) is 2. The van der Waals surface area contributed by atoms with Crippen LogP contribution in [0.4, 0.5) is 11.4 Å². The minimum absolute atomic E-state index is 0.0918. The van der Waals surface area contributed by atoms with Gasteiger partial charge >= 0.3 is 0 Å². The minimum atomic E-state index is -0.367. The number of methoxy groups -OCH3 is 2. The lowest BCUT2D eigenvalue weighted by Gasteiger charge is -2.34. The van der Waals surface area contributed by atoms with Crippen LogP contribution in [0.5, 0.6) is 11.5 Å². The Kier molecular flexibility index (Phi) is 8.13. The maximum Gasteiger partial charge on any atom is 0.274 e. The molecule has 1 aliphatic heterocycles. The van der Waals surface area contributed by atoms with E-state index in [9.17, 15) is 10.1 Å². The molecule has 0 aliphatic carbocycles. The standard InChI is InChI=1S/C23H31N5O4/c1-4-24-23(25-16-17-7-5-6-8-22(17)28(29)30)26-18-9-11-27(12-10-18)19-13-20(31-2)15-21(14-19)32-3/h5-8,13-15,18H,4,9-12,16H2,1-3H3,(H2,24,25,26). The molecule has 172 valence electrons. The van der Waals surface area contributed by atoms with Gasteiger partial charge in [-0.05, 0) is 19.8 Å². The summed E-state index contributed by atoms with van der Waals surface area (Å²) in [6.07, 6.45) is 1.88. The molecule has 1 fully saturated rings. The molecule has 9 nitrogen and oxygen atoms in total. The Morgan fingerprint density at radius 1 is 1.16 bits per heavy atom. The molecular formula is C23H31N5O4. The van der Waals surface area contributed by atoms with Crippen LogP contribution in [0, 0.1) is 10.1 Å². The lowest BCUT2D eigenvalue weighted by molar-refractivity contribution is -0.385. The van der Waals surface area contributed by atoms with Crippen LogP contribution >= 0.6 is 0 Å². The SMILES string of the molecule is CCNC(=NCc1ccccc1[N+](=O)[O-])NC1CCN(c2cc(OC)cc(OC)c2)CC1. The van der Waals surface area contributed by atoms with Gasteiger partial charge in [0.1, 0.15) is 11.5 Å². The van der Waals surface area contributed by atoms with Crippen LogP contribution in [-0.2, 0) is 6.54 Å². The van der Waals surface area contributed by atoms with Gasteiger partial charge in [-0.25, -0.2) is 4.99 Å². The molecule has 9 heteroatoms. The van der Waals surface area contributed by atoms with E-state index in [2.05, 4.69) is 20.5 Å². The molecule has 0 atom stereocenters. The number of benzene rings is 2. The lowest BCUT2D eigenvalue weighted by Crippen LogP contribution is -2.48. The van der Waals surface area contributed by atoms with Crippen LogP contribution in [0.1, 0.15) is 25.3 Å². The van der Waals surface area contributed by atoms with Crippen molar-refractivity contribution in [3.63, 3.8) is 0 Å². The van der Waals surface area contributed by atoms with Gasteiger partial charge in [0.25, 0.3) is 5.69 Å². The second-order valence-corrected chi connectivity index (χ2v) is 7.56. The number of nitrogens with one attached hydrogen (secondary N) is 2. The Balaban J connectivity index is 1.62. The average molecular weight is 442 g/mol. The Labute approximate surface area is 188 Å². The minimum Gasteiger partial charge on any atom is -0.497 e. The Bertz CT molecular complexity index is 919. The number of nitro benzene ring substituents is 1. The van der Waals surface area contributed by atoms with Gasteiger partial charge in [-0.1, -0.05) is 18.2 Å². The highest BCUT2D eigenvalue weighted by Gasteiger charge is 2.21. The molecule has 2 aromatic rings. The van der Waals surface area contributed by atoms with E-state index < -0.39 is 0 Å². The smallest absolute Gasteiger partial charge is 0.274 e. The van der Waals surface area contributed by atoms with E-state index in [1.54, 1.807) is 32.4 Å². The van der Waals surface area contributed by atoms with Gasteiger partial charge in [0.2, 0.25) is 0 Å². The molecule has 1 heterocycles. The van der Waals surface area contributed by atoms with Crippen molar-refractivity contribution in [2.45, 2.75) is 32.4 Å². The molecule has 1 saturated heterocycles. The number of piperidine rings is 1. The molecule has 0 aromatic heterocycles. The van der Waals surface area contributed by atoms with E-state index in [0.29, 0.717) is 18.1 Å². The van der Waals surface area contributed by atoms with Gasteiger partial charge in [-0.3, -0.25) is 10.1 Å². The van der Waals surface area contributed by atoms with Crippen LogP contribution in [-0.4, -0.2) is 50.8 Å². The first-order valence-electron chi connectivity index (χ1n) is 10.8. The number of aliphatic imine (C=N–C) groups is 1. The van der Waals surface area contributed by atoms with Crippen molar-refractivity contribution >= 4 is 17.3 Å². The molecule has 2 aromatic carbocycles. The fraction of sp³-hybridized carbons (Fsp3) is 0.435. The van der Waals surface area contributed by atoms with Crippen LogP contribution in [0.2, 0.25) is 0 Å². The van der Waals surface area contributed by atoms with E-state index in [1.165, 1.54) is 6.07 Å². The third kappa shape index (κ3) is 6.03. The van der Waals surface area contributed by atoms with Gasteiger partial charge < -0.3 is 25.0 Å². The summed E-state index contributed by atoms with van der Waals surface area (Å²) in [7, 11) is 3.31. The van der Waals surface area contributed by atoms with Crippen LogP contribution in [0.3, 0.4) is 0 Å². The van der Waals surface area contributed by atoms with Gasteiger partial charge in [-0.2, -0.15) is 0 Å². The molecule has 2 N–H and O–H groups in total. The highest BCUT2D eigenvalue weighted by Crippen LogP contribution is 2.30. The number of anilines is 1. The van der Waals surface area contributed by atoms with Crippen LogP contribution < -0.4 is 25.0 Å². The zero-order valence-corrected chi connectivity index (χ0v) is 18.8. The van der Waals surface area contributed by atoms with Crippen LogP contribution in [0.25, 0.3) is 0 Å². The van der Waals surface area contributed by atoms with Crippen molar-refractivity contribution in [3.05, 3.63) is 58.1 Å². The summed E-state index contributed by atoms with van der Waals surface area (Å²) in [6.45, 7) is 4.73. The number of hydrogen-bond acceptors (Lipinski definition) is 6. The first-order chi connectivity index (χ1) is 15.5. The zero-order chi connectivity index (χ0) is 22.9. The molecule has 32 heavy (non-hydrogen) atoms.